The molecule has 76 valence electrons. The molecule has 0 aromatic heterocycles. The molecule has 0 radical (unpaired) electrons. The van der Waals surface area contributed by atoms with Gasteiger partial charge in [-0.3, -0.25) is 0 Å². The smallest absolute Gasteiger partial charge is 0.231 e. The maximum absolute atomic E-state index is 8.18. The fourth-order valence-electron chi connectivity index (χ4n) is 0.899. The van der Waals surface area contributed by atoms with E-state index in [0.717, 1.165) is 7.05 Å². The lowest BCUT2D eigenvalue weighted by Gasteiger charge is -2.09. The van der Waals surface area contributed by atoms with Crippen LogP contribution in [0.15, 0.2) is 18.1 Å². The Bertz CT molecular complexity index is 700. The summed E-state index contributed by atoms with van der Waals surface area (Å²) >= 11 is 0. The number of fused-ring (bicyclic) bond motifs is 1. The molecule has 3 heteroatoms. The summed E-state index contributed by atoms with van der Waals surface area (Å²) < 4.78 is 94.5. The van der Waals surface area contributed by atoms with Crippen LogP contribution in [0.3, 0.4) is 0 Å². The monoisotopic (exact) mass is 204 g/mol. The first kappa shape index (κ1) is 2.89. The van der Waals surface area contributed by atoms with E-state index in [1.165, 1.54) is 0 Å². The Morgan fingerprint density at radius 3 is 3.43 bits per heavy atom. The summed E-state index contributed by atoms with van der Waals surface area (Å²) in [5.41, 5.74) is -0.780. The number of benzene rings is 1. The average molecular weight is 204 g/mol. The normalized spacial score (nSPS) is 32.9. The quantitative estimate of drug-likeness (QED) is 0.810. The summed E-state index contributed by atoms with van der Waals surface area (Å²) in [6.45, 7) is -5.66. The topological polar surface area (TPSA) is 30.5 Å². The van der Waals surface area contributed by atoms with Gasteiger partial charge < -0.3 is 14.8 Å². The van der Waals surface area contributed by atoms with Gasteiger partial charge in [-0.25, -0.2) is 0 Å². The summed E-state index contributed by atoms with van der Waals surface area (Å²) in [6.07, 6.45) is -2.90. The van der Waals surface area contributed by atoms with E-state index in [1.807, 2.05) is 0 Å². The summed E-state index contributed by atoms with van der Waals surface area (Å²) in [5, 5.41) is 0.374. The van der Waals surface area contributed by atoms with Crippen molar-refractivity contribution < 1.29 is 24.6 Å². The predicted molar refractivity (Wildman–Crippen MR) is 54.8 cm³/mol. The molecule has 2 rings (SSSR count). The van der Waals surface area contributed by atoms with Crippen molar-refractivity contribution in [2.45, 2.75) is 19.3 Å². The molecule has 1 aromatic carbocycles. The molecule has 0 amide bonds. The molecule has 1 aromatic rings. The van der Waals surface area contributed by atoms with Crippen molar-refractivity contribution in [1.29, 1.82) is 0 Å². The van der Waals surface area contributed by atoms with Crippen LogP contribution < -0.4 is 14.8 Å². The van der Waals surface area contributed by atoms with Gasteiger partial charge in [-0.2, -0.15) is 0 Å². The standard InChI is InChI=1S/C11H15NO2/c1-8(12-2)5-9-3-4-10-11(6-9)14-7-13-10/h3-4,6,8,12H,5,7H2,1-2H3/i1D3,3D,4D,5D2,6D,7D2/hD. The third-order valence-electron chi connectivity index (χ3n) is 1.57. The van der Waals surface area contributed by atoms with E-state index >= 15 is 0 Å². The lowest BCUT2D eigenvalue weighted by atomic mass is 10.1. The van der Waals surface area contributed by atoms with Crippen LogP contribution in [0, 0.1) is 0 Å². The second kappa shape index (κ2) is 3.88. The zero-order chi connectivity index (χ0) is 19.5. The van der Waals surface area contributed by atoms with Crippen LogP contribution in [0.1, 0.15) is 26.1 Å². The Morgan fingerprint density at radius 2 is 2.64 bits per heavy atom. The molecule has 0 spiro atoms. The number of ether oxygens (including phenoxy) is 2. The molecule has 14 heavy (non-hydrogen) atoms. The number of hydrogen-bond acceptors (Lipinski definition) is 3. The Labute approximate surface area is 99.5 Å². The Hall–Kier alpha value is -1.22. The van der Waals surface area contributed by atoms with Crippen LogP contribution in [-0.4, -0.2) is 19.8 Å². The third kappa shape index (κ3) is 1.82. The largest absolute Gasteiger partial charge is 0.454 e. The highest BCUT2D eigenvalue weighted by atomic mass is 16.7. The van der Waals surface area contributed by atoms with Crippen molar-refractivity contribution in [3.8, 4) is 11.5 Å². The van der Waals surface area contributed by atoms with Gasteiger partial charge in [0, 0.05) is 12.9 Å². The fourth-order valence-corrected chi connectivity index (χ4v) is 0.899. The van der Waals surface area contributed by atoms with E-state index in [9.17, 15) is 0 Å². The molecule has 1 unspecified atom stereocenters. The molecule has 1 aliphatic rings. The van der Waals surface area contributed by atoms with Gasteiger partial charge in [0.2, 0.25) is 6.75 Å². The van der Waals surface area contributed by atoms with Gasteiger partial charge in [0.05, 0.1) is 4.11 Å². The molecule has 0 fully saturated rings. The van der Waals surface area contributed by atoms with E-state index in [2.05, 4.69) is 0 Å². The van der Waals surface area contributed by atoms with E-state index < -0.39 is 61.2 Å². The van der Waals surface area contributed by atoms with Crippen LogP contribution in [-0.2, 0) is 6.37 Å². The highest BCUT2D eigenvalue weighted by Crippen LogP contribution is 2.32. The minimum absolute atomic E-state index is 0.374. The van der Waals surface area contributed by atoms with E-state index in [1.54, 1.807) is 0 Å². The fraction of sp³-hybridized carbons (Fsp3) is 0.455. The van der Waals surface area contributed by atoms with Crippen molar-refractivity contribution in [1.82, 2.24) is 5.31 Å². The van der Waals surface area contributed by atoms with Gasteiger partial charge in [-0.1, -0.05) is 6.04 Å². The average Bonchev–Trinajstić information content (AvgIpc) is 2.69. The van der Waals surface area contributed by atoms with Crippen LogP contribution >= 0.6 is 0 Å². The number of rotatable bonds is 3. The Kier molecular flexibility index (Phi) is 0.801. The van der Waals surface area contributed by atoms with Crippen LogP contribution in [0.25, 0.3) is 0 Å². The van der Waals surface area contributed by atoms with Crippen LogP contribution in [0.5, 0.6) is 11.5 Å². The number of nitrogens with one attached hydrogen (secondary N) is 1. The first-order valence-electron chi connectivity index (χ1n) is 9.30. The minimum Gasteiger partial charge on any atom is -0.454 e. The third-order valence-corrected chi connectivity index (χ3v) is 1.57. The van der Waals surface area contributed by atoms with Gasteiger partial charge in [0.1, 0.15) is 4.15 Å². The maximum atomic E-state index is 8.18. The summed E-state index contributed by atoms with van der Waals surface area (Å²) in [6, 6.07) is -4.39. The van der Waals surface area contributed by atoms with Crippen molar-refractivity contribution in [3.05, 3.63) is 23.7 Å². The summed E-state index contributed by atoms with van der Waals surface area (Å²) in [7, 11) is 1.02. The Morgan fingerprint density at radius 1 is 1.79 bits per heavy atom. The summed E-state index contributed by atoms with van der Waals surface area (Å²) in [4.78, 5) is 0. The lowest BCUT2D eigenvalue weighted by molar-refractivity contribution is 0.174. The number of hydrogen-bond donors (Lipinski definition) is 1. The zero-order valence-electron chi connectivity index (χ0n) is 18.3. The second-order valence-electron chi connectivity index (χ2n) is 2.50. The van der Waals surface area contributed by atoms with Crippen molar-refractivity contribution in [2.24, 2.45) is 0 Å². The lowest BCUT2D eigenvalue weighted by Crippen LogP contribution is -2.23. The molecule has 0 saturated heterocycles. The van der Waals surface area contributed by atoms with Gasteiger partial charge in [0.25, 0.3) is 0 Å². The van der Waals surface area contributed by atoms with Crippen LogP contribution in [0.2, 0.25) is 1.41 Å². The van der Waals surface area contributed by atoms with Crippen molar-refractivity contribution in [3.63, 3.8) is 0 Å². The first-order valence-corrected chi connectivity index (χ1v) is 3.85. The minimum atomic E-state index is -2.97. The number of likely N-dealkylation sites (N-methyl/N-ethyl adjacent to an activating group) is 1. The molecule has 0 aliphatic carbocycles. The molecule has 3 nitrogen and oxygen atoms in total. The molecular weight excluding hydrogens is 178 g/mol. The van der Waals surface area contributed by atoms with Gasteiger partial charge in [0.15, 0.2) is 11.5 Å². The van der Waals surface area contributed by atoms with E-state index in [-0.39, 0.29) is 0 Å². The van der Waals surface area contributed by atoms with Gasteiger partial charge in [-0.05, 0) is 37.9 Å². The zero-order valence-corrected chi connectivity index (χ0v) is 7.34. The van der Waals surface area contributed by atoms with E-state index in [0.29, 0.717) is 5.31 Å². The van der Waals surface area contributed by atoms with E-state index in [4.69, 9.17) is 24.6 Å². The van der Waals surface area contributed by atoms with Crippen molar-refractivity contribution in [2.75, 3.05) is 13.8 Å². The summed E-state index contributed by atoms with van der Waals surface area (Å²) in [5.74, 6) is -1.11. The second-order valence-corrected chi connectivity index (χ2v) is 2.50. The molecule has 1 aliphatic heterocycles. The predicted octanol–water partition coefficient (Wildman–Crippen LogP) is 1.57. The first-order chi connectivity index (χ1) is 11.1. The highest BCUT2D eigenvalue weighted by molar-refractivity contribution is 5.44. The molecule has 1 atom stereocenters. The molecule has 1 heterocycles. The maximum Gasteiger partial charge on any atom is 0.231 e. The van der Waals surface area contributed by atoms with Gasteiger partial charge >= 0.3 is 0 Å². The van der Waals surface area contributed by atoms with Gasteiger partial charge in [-0.15, -0.1) is 0 Å². The SMILES string of the molecule is [2H]c1c([2H])c(C([2H])([2H])C(N([2H])C)C([2H])([2H])[2H])c([2H])c2c1OC([2H])([2H])O2. The molecule has 1 N–H and O–H groups in total. The highest BCUT2D eigenvalue weighted by Gasteiger charge is 2.13. The van der Waals surface area contributed by atoms with Crippen molar-refractivity contribution >= 4 is 0 Å². The Balaban J connectivity index is 2.74. The molecule has 0 bridgehead atoms. The van der Waals surface area contributed by atoms with Crippen LogP contribution in [0.4, 0.5) is 0 Å². The molecule has 0 saturated carbocycles. The molecular formula is C11H15NO2.